The van der Waals surface area contributed by atoms with Crippen molar-refractivity contribution in [1.82, 2.24) is 4.90 Å². The minimum Gasteiger partial charge on any atom is -0.469 e. The van der Waals surface area contributed by atoms with Gasteiger partial charge in [-0.05, 0) is 39.2 Å². The van der Waals surface area contributed by atoms with Gasteiger partial charge in [0, 0.05) is 6.54 Å². The number of piperidine rings is 1. The summed E-state index contributed by atoms with van der Waals surface area (Å²) in [5.74, 6) is -0.404. The number of esters is 1. The Hall–Kier alpha value is -2.04. The Morgan fingerprint density at radius 3 is 2.39 bits per heavy atom. The molecule has 0 unspecified atom stereocenters. The average molecular weight is 319 g/mol. The molecule has 5 nitrogen and oxygen atoms in total. The molecule has 0 bridgehead atoms. The fraction of sp³-hybridized carbons (Fsp3) is 0.556. The number of likely N-dealkylation sites (tertiary alicyclic amines) is 1. The van der Waals surface area contributed by atoms with Crippen molar-refractivity contribution in [2.45, 2.75) is 45.3 Å². The predicted octanol–water partition coefficient (Wildman–Crippen LogP) is 3.55. The Morgan fingerprint density at radius 1 is 1.17 bits per heavy atom. The van der Waals surface area contributed by atoms with Gasteiger partial charge in [-0.3, -0.25) is 4.79 Å². The van der Waals surface area contributed by atoms with Crippen molar-refractivity contribution in [2.24, 2.45) is 5.92 Å². The molecule has 0 saturated carbocycles. The van der Waals surface area contributed by atoms with Gasteiger partial charge >= 0.3 is 12.1 Å². The number of hydrogen-bond donors (Lipinski definition) is 0. The second kappa shape index (κ2) is 7.02. The summed E-state index contributed by atoms with van der Waals surface area (Å²) in [7, 11) is 1.40. The van der Waals surface area contributed by atoms with Crippen LogP contribution in [0.5, 0.6) is 0 Å². The van der Waals surface area contributed by atoms with Gasteiger partial charge in [0.25, 0.3) is 0 Å². The van der Waals surface area contributed by atoms with Gasteiger partial charge in [0.15, 0.2) is 0 Å². The molecule has 1 aliphatic heterocycles. The Labute approximate surface area is 137 Å². The van der Waals surface area contributed by atoms with Gasteiger partial charge in [-0.1, -0.05) is 30.3 Å². The van der Waals surface area contributed by atoms with E-state index in [1.807, 2.05) is 51.1 Å². The quantitative estimate of drug-likeness (QED) is 0.782. The molecule has 0 spiro atoms. The van der Waals surface area contributed by atoms with Crippen LogP contribution in [0, 0.1) is 5.92 Å². The summed E-state index contributed by atoms with van der Waals surface area (Å²) in [4.78, 5) is 26.1. The lowest BCUT2D eigenvalue weighted by molar-refractivity contribution is -0.147. The lowest BCUT2D eigenvalue weighted by Crippen LogP contribution is -2.45. The molecule has 5 heteroatoms. The maximum absolute atomic E-state index is 12.5. The molecule has 23 heavy (non-hydrogen) atoms. The number of ether oxygens (including phenoxy) is 2. The maximum atomic E-state index is 12.5. The maximum Gasteiger partial charge on any atom is 0.410 e. The molecule has 1 amide bonds. The zero-order chi connectivity index (χ0) is 17.0. The Bertz CT molecular complexity index is 550. The molecule has 126 valence electrons. The minimum atomic E-state index is -0.544. The first-order valence-electron chi connectivity index (χ1n) is 7.94. The van der Waals surface area contributed by atoms with Crippen LogP contribution in [0.15, 0.2) is 30.3 Å². The van der Waals surface area contributed by atoms with E-state index in [4.69, 9.17) is 9.47 Å². The molecule has 1 fully saturated rings. The van der Waals surface area contributed by atoms with E-state index in [0.717, 1.165) is 5.56 Å². The smallest absolute Gasteiger partial charge is 0.410 e. The molecule has 2 atom stereocenters. The van der Waals surface area contributed by atoms with Crippen molar-refractivity contribution in [3.05, 3.63) is 35.9 Å². The van der Waals surface area contributed by atoms with E-state index in [0.29, 0.717) is 19.4 Å². The number of carbonyl (C=O) groups excluding carboxylic acids is 2. The van der Waals surface area contributed by atoms with Gasteiger partial charge in [-0.2, -0.15) is 0 Å². The van der Waals surface area contributed by atoms with Crippen LogP contribution in [0.25, 0.3) is 0 Å². The first-order valence-corrected chi connectivity index (χ1v) is 7.94. The highest BCUT2D eigenvalue weighted by molar-refractivity contribution is 5.74. The van der Waals surface area contributed by atoms with E-state index in [-0.39, 0.29) is 24.0 Å². The van der Waals surface area contributed by atoms with Gasteiger partial charge < -0.3 is 14.4 Å². The summed E-state index contributed by atoms with van der Waals surface area (Å²) in [6.07, 6.45) is 0.806. The third-order valence-corrected chi connectivity index (χ3v) is 3.95. The molecule has 1 aromatic carbocycles. The fourth-order valence-corrected chi connectivity index (χ4v) is 2.88. The first kappa shape index (κ1) is 17.3. The normalized spacial score (nSPS) is 21.7. The Morgan fingerprint density at radius 2 is 1.83 bits per heavy atom. The summed E-state index contributed by atoms with van der Waals surface area (Å²) in [5, 5.41) is 0. The summed E-state index contributed by atoms with van der Waals surface area (Å²) in [6.45, 7) is 6.03. The Kier molecular flexibility index (Phi) is 5.29. The lowest BCUT2D eigenvalue weighted by Gasteiger charge is -2.39. The predicted molar refractivity (Wildman–Crippen MR) is 86.9 cm³/mol. The molecular weight excluding hydrogens is 294 g/mol. The highest BCUT2D eigenvalue weighted by Crippen LogP contribution is 2.35. The third kappa shape index (κ3) is 4.47. The van der Waals surface area contributed by atoms with Gasteiger partial charge in [0.1, 0.15) is 5.60 Å². The van der Waals surface area contributed by atoms with E-state index in [1.165, 1.54) is 7.11 Å². The molecule has 2 rings (SSSR count). The molecule has 1 heterocycles. The van der Waals surface area contributed by atoms with Crippen LogP contribution < -0.4 is 0 Å². The molecule has 1 saturated heterocycles. The molecule has 0 aromatic heterocycles. The number of nitrogens with zero attached hydrogens (tertiary/aromatic N) is 1. The van der Waals surface area contributed by atoms with Gasteiger partial charge in [-0.25, -0.2) is 4.79 Å². The summed E-state index contributed by atoms with van der Waals surface area (Å²) in [5.41, 5.74) is 0.462. The molecule has 0 radical (unpaired) electrons. The highest BCUT2D eigenvalue weighted by atomic mass is 16.6. The molecular formula is C18H25NO4. The second-order valence-electron chi connectivity index (χ2n) is 6.84. The molecule has 0 N–H and O–H groups in total. The summed E-state index contributed by atoms with van der Waals surface area (Å²) >= 11 is 0. The zero-order valence-corrected chi connectivity index (χ0v) is 14.2. The third-order valence-electron chi connectivity index (χ3n) is 3.95. The standard InChI is InChI=1S/C18H25NO4/c1-18(2,3)23-17(21)19-11-10-14(16(20)22-4)12-15(19)13-8-6-5-7-9-13/h5-9,14-15H,10-12H2,1-4H3/t14-,15+/m1/s1. The van der Waals surface area contributed by atoms with Crippen LogP contribution >= 0.6 is 0 Å². The summed E-state index contributed by atoms with van der Waals surface area (Å²) in [6, 6.07) is 9.57. The summed E-state index contributed by atoms with van der Waals surface area (Å²) < 4.78 is 10.4. The van der Waals surface area contributed by atoms with Crippen LogP contribution in [0.1, 0.15) is 45.2 Å². The van der Waals surface area contributed by atoms with Crippen LogP contribution in [-0.2, 0) is 14.3 Å². The SMILES string of the molecule is COC(=O)[C@@H]1CCN(C(=O)OC(C)(C)C)[C@H](c2ccccc2)C1. The second-order valence-corrected chi connectivity index (χ2v) is 6.84. The zero-order valence-electron chi connectivity index (χ0n) is 14.2. The van der Waals surface area contributed by atoms with Gasteiger partial charge in [0.2, 0.25) is 0 Å². The highest BCUT2D eigenvalue weighted by Gasteiger charge is 2.37. The number of benzene rings is 1. The molecule has 1 aliphatic rings. The van der Waals surface area contributed by atoms with Crippen molar-refractivity contribution in [3.8, 4) is 0 Å². The number of rotatable bonds is 2. The van der Waals surface area contributed by atoms with E-state index >= 15 is 0 Å². The van der Waals surface area contributed by atoms with Crippen LogP contribution in [-0.4, -0.2) is 36.2 Å². The Balaban J connectivity index is 2.23. The van der Waals surface area contributed by atoms with Crippen molar-refractivity contribution in [1.29, 1.82) is 0 Å². The van der Waals surface area contributed by atoms with Crippen molar-refractivity contribution in [2.75, 3.05) is 13.7 Å². The van der Waals surface area contributed by atoms with Crippen LogP contribution in [0.2, 0.25) is 0 Å². The van der Waals surface area contributed by atoms with E-state index in [2.05, 4.69) is 0 Å². The largest absolute Gasteiger partial charge is 0.469 e. The molecule has 1 aromatic rings. The molecule has 0 aliphatic carbocycles. The number of hydrogen-bond acceptors (Lipinski definition) is 4. The van der Waals surface area contributed by atoms with Crippen molar-refractivity contribution >= 4 is 12.1 Å². The first-order chi connectivity index (χ1) is 10.8. The minimum absolute atomic E-state index is 0.177. The lowest BCUT2D eigenvalue weighted by atomic mass is 9.87. The monoisotopic (exact) mass is 319 g/mol. The van der Waals surface area contributed by atoms with E-state index in [9.17, 15) is 9.59 Å². The van der Waals surface area contributed by atoms with E-state index < -0.39 is 5.60 Å². The number of amides is 1. The van der Waals surface area contributed by atoms with Crippen LogP contribution in [0.3, 0.4) is 0 Å². The van der Waals surface area contributed by atoms with Gasteiger partial charge in [-0.15, -0.1) is 0 Å². The van der Waals surface area contributed by atoms with Crippen LogP contribution in [0.4, 0.5) is 4.79 Å². The average Bonchev–Trinajstić information content (AvgIpc) is 2.52. The number of carbonyl (C=O) groups is 2. The van der Waals surface area contributed by atoms with Gasteiger partial charge in [0.05, 0.1) is 19.1 Å². The van der Waals surface area contributed by atoms with E-state index in [1.54, 1.807) is 4.90 Å². The van der Waals surface area contributed by atoms with Crippen molar-refractivity contribution < 1.29 is 19.1 Å². The van der Waals surface area contributed by atoms with Crippen molar-refractivity contribution in [3.63, 3.8) is 0 Å². The topological polar surface area (TPSA) is 55.8 Å². The fourth-order valence-electron chi connectivity index (χ4n) is 2.88. The number of methoxy groups -OCH3 is 1.